The lowest BCUT2D eigenvalue weighted by Gasteiger charge is -2.39. The molecule has 3 atom stereocenters. The summed E-state index contributed by atoms with van der Waals surface area (Å²) in [6.07, 6.45) is 6.20. The number of hydrogen-bond acceptors (Lipinski definition) is 7. The van der Waals surface area contributed by atoms with E-state index in [1.807, 2.05) is 4.90 Å². The van der Waals surface area contributed by atoms with Crippen LogP contribution in [-0.4, -0.2) is 56.2 Å². The van der Waals surface area contributed by atoms with Crippen LogP contribution in [0, 0.1) is 6.92 Å². The minimum Gasteiger partial charge on any atom is -0.376 e. The maximum absolute atomic E-state index is 12.8. The predicted molar refractivity (Wildman–Crippen MR) is 77.6 cm³/mol. The molecule has 0 unspecified atom stereocenters. The number of carbonyl (C=O) groups is 1. The Labute approximate surface area is 132 Å². The average molecular weight is 315 g/mol. The number of nitrogens with zero attached hydrogens (tertiary/aromatic N) is 5. The van der Waals surface area contributed by atoms with Crippen LogP contribution in [-0.2, 0) is 4.74 Å². The maximum atomic E-state index is 12.8. The molecule has 2 aliphatic heterocycles. The summed E-state index contributed by atoms with van der Waals surface area (Å²) in [5.74, 6) is 1.02. The number of rotatable bonds is 2. The number of piperidine rings is 1. The van der Waals surface area contributed by atoms with Gasteiger partial charge in [0, 0.05) is 25.5 Å². The molecule has 0 spiro atoms. The third kappa shape index (κ3) is 2.59. The normalized spacial score (nSPS) is 27.0. The molecule has 120 valence electrons. The van der Waals surface area contributed by atoms with Crippen LogP contribution in [0.25, 0.3) is 0 Å². The highest BCUT2D eigenvalue weighted by molar-refractivity contribution is 5.92. The van der Waals surface area contributed by atoms with Gasteiger partial charge in [0.05, 0.1) is 24.3 Å². The number of likely N-dealkylation sites (tertiary alicyclic amines) is 1. The molecule has 0 aromatic carbocycles. The maximum Gasteiger partial charge on any atom is 0.274 e. The number of amides is 1. The molecule has 0 radical (unpaired) electrons. The van der Waals surface area contributed by atoms with Crippen molar-refractivity contribution in [3.05, 3.63) is 36.0 Å². The van der Waals surface area contributed by atoms with Crippen molar-refractivity contribution >= 4 is 5.91 Å². The number of ether oxygens (including phenoxy) is 1. The van der Waals surface area contributed by atoms with E-state index in [1.54, 1.807) is 13.1 Å². The molecule has 4 rings (SSSR count). The zero-order valence-corrected chi connectivity index (χ0v) is 12.8. The van der Waals surface area contributed by atoms with Gasteiger partial charge >= 0.3 is 0 Å². The van der Waals surface area contributed by atoms with Crippen LogP contribution in [0.3, 0.4) is 0 Å². The van der Waals surface area contributed by atoms with Gasteiger partial charge in [-0.1, -0.05) is 5.16 Å². The Balaban J connectivity index is 1.62. The minimum atomic E-state index is -0.125. The second-order valence-corrected chi connectivity index (χ2v) is 5.93. The van der Waals surface area contributed by atoms with Gasteiger partial charge in [0.2, 0.25) is 5.89 Å². The summed E-state index contributed by atoms with van der Waals surface area (Å²) in [7, 11) is 0. The van der Waals surface area contributed by atoms with Crippen LogP contribution in [0.5, 0.6) is 0 Å². The first-order valence-corrected chi connectivity index (χ1v) is 7.71. The van der Waals surface area contributed by atoms with Gasteiger partial charge in [-0.2, -0.15) is 4.98 Å². The van der Waals surface area contributed by atoms with Gasteiger partial charge in [0.1, 0.15) is 5.69 Å². The van der Waals surface area contributed by atoms with Crippen molar-refractivity contribution in [3.63, 3.8) is 0 Å². The molecule has 0 N–H and O–H groups in total. The molecule has 23 heavy (non-hydrogen) atoms. The van der Waals surface area contributed by atoms with Crippen LogP contribution < -0.4 is 0 Å². The second-order valence-electron chi connectivity index (χ2n) is 5.93. The molecule has 8 nitrogen and oxygen atoms in total. The molecule has 2 aromatic rings. The van der Waals surface area contributed by atoms with Crippen molar-refractivity contribution in [2.24, 2.45) is 0 Å². The van der Waals surface area contributed by atoms with Crippen molar-refractivity contribution in [2.45, 2.75) is 37.8 Å². The van der Waals surface area contributed by atoms with Gasteiger partial charge in [-0.25, -0.2) is 4.98 Å². The first-order chi connectivity index (χ1) is 11.2. The van der Waals surface area contributed by atoms with Gasteiger partial charge < -0.3 is 14.2 Å². The molecule has 2 aliphatic rings. The fourth-order valence-electron chi connectivity index (χ4n) is 3.39. The van der Waals surface area contributed by atoms with Gasteiger partial charge in [-0.3, -0.25) is 9.78 Å². The number of carbonyl (C=O) groups excluding carboxylic acids is 1. The van der Waals surface area contributed by atoms with E-state index in [1.165, 1.54) is 12.4 Å². The first kappa shape index (κ1) is 14.3. The molecule has 2 aromatic heterocycles. The van der Waals surface area contributed by atoms with Gasteiger partial charge in [-0.05, 0) is 19.8 Å². The summed E-state index contributed by atoms with van der Waals surface area (Å²) in [6, 6.07) is 0.0739. The van der Waals surface area contributed by atoms with Crippen molar-refractivity contribution in [2.75, 3.05) is 13.2 Å². The first-order valence-electron chi connectivity index (χ1n) is 7.71. The molecule has 0 aliphatic carbocycles. The van der Waals surface area contributed by atoms with E-state index in [0.29, 0.717) is 30.6 Å². The molecule has 1 amide bonds. The Morgan fingerprint density at radius 3 is 3.04 bits per heavy atom. The smallest absolute Gasteiger partial charge is 0.274 e. The molecular weight excluding hydrogens is 298 g/mol. The molecule has 0 saturated carbocycles. The van der Waals surface area contributed by atoms with Crippen LogP contribution in [0.1, 0.15) is 41.0 Å². The summed E-state index contributed by atoms with van der Waals surface area (Å²) in [5, 5.41) is 3.85. The quantitative estimate of drug-likeness (QED) is 0.814. The van der Waals surface area contributed by atoms with Crippen LogP contribution in [0.15, 0.2) is 23.1 Å². The third-order valence-electron chi connectivity index (χ3n) is 4.44. The predicted octanol–water partition coefficient (Wildman–Crippen LogP) is 0.955. The van der Waals surface area contributed by atoms with E-state index in [9.17, 15) is 4.79 Å². The lowest BCUT2D eigenvalue weighted by Crippen LogP contribution is -2.51. The number of aromatic nitrogens is 4. The summed E-state index contributed by atoms with van der Waals surface area (Å²) in [6.45, 7) is 2.98. The SMILES string of the molecule is Cc1noc([C@H]2C[C@@H]3OCC[C@@H]3N(C(=O)c3cnccn3)C2)n1. The Bertz CT molecular complexity index is 704. The number of hydrogen-bond donors (Lipinski definition) is 0. The van der Waals surface area contributed by atoms with E-state index >= 15 is 0 Å². The molecule has 2 saturated heterocycles. The van der Waals surface area contributed by atoms with Crippen molar-refractivity contribution < 1.29 is 14.1 Å². The lowest BCUT2D eigenvalue weighted by atomic mass is 9.89. The van der Waals surface area contributed by atoms with Crippen molar-refractivity contribution in [1.82, 2.24) is 25.0 Å². The zero-order chi connectivity index (χ0) is 15.8. The average Bonchev–Trinajstić information content (AvgIpc) is 3.22. The highest BCUT2D eigenvalue weighted by atomic mass is 16.5. The second kappa shape index (κ2) is 5.69. The lowest BCUT2D eigenvalue weighted by molar-refractivity contribution is 0.0121. The highest BCUT2D eigenvalue weighted by Crippen LogP contribution is 2.36. The standard InChI is InChI=1S/C15H17N5O3/c1-9-18-14(23-19-9)10-6-13-12(2-5-22-13)20(8-10)15(21)11-7-16-3-4-17-11/h3-4,7,10,12-13H,2,5-6,8H2,1H3/t10-,12-,13-/m0/s1. The monoisotopic (exact) mass is 315 g/mol. The van der Waals surface area contributed by atoms with Crippen molar-refractivity contribution in [1.29, 1.82) is 0 Å². The fourth-order valence-corrected chi connectivity index (χ4v) is 3.39. The fraction of sp³-hybridized carbons (Fsp3) is 0.533. The topological polar surface area (TPSA) is 94.2 Å². The Morgan fingerprint density at radius 2 is 2.30 bits per heavy atom. The largest absolute Gasteiger partial charge is 0.376 e. The van der Waals surface area contributed by atoms with Crippen molar-refractivity contribution in [3.8, 4) is 0 Å². The van der Waals surface area contributed by atoms with Crippen LogP contribution in [0.2, 0.25) is 0 Å². The van der Waals surface area contributed by atoms with Gasteiger partial charge in [0.15, 0.2) is 5.82 Å². The van der Waals surface area contributed by atoms with E-state index in [-0.39, 0.29) is 24.0 Å². The molecule has 8 heteroatoms. The number of aryl methyl sites for hydroxylation is 1. The van der Waals surface area contributed by atoms with Crippen LogP contribution in [0.4, 0.5) is 0 Å². The minimum absolute atomic E-state index is 0.00146. The van der Waals surface area contributed by atoms with E-state index < -0.39 is 0 Å². The molecule has 2 fully saturated rings. The summed E-state index contributed by atoms with van der Waals surface area (Å²) >= 11 is 0. The number of fused-ring (bicyclic) bond motifs is 1. The highest BCUT2D eigenvalue weighted by Gasteiger charge is 2.44. The summed E-state index contributed by atoms with van der Waals surface area (Å²) in [4.78, 5) is 27.1. The molecule has 4 heterocycles. The molecular formula is C15H17N5O3. The van der Waals surface area contributed by atoms with Gasteiger partial charge in [-0.15, -0.1) is 0 Å². The van der Waals surface area contributed by atoms with E-state index in [2.05, 4.69) is 20.1 Å². The summed E-state index contributed by atoms with van der Waals surface area (Å²) < 4.78 is 11.1. The molecule has 0 bridgehead atoms. The Kier molecular flexibility index (Phi) is 3.53. The van der Waals surface area contributed by atoms with E-state index in [0.717, 1.165) is 12.8 Å². The Morgan fingerprint density at radius 1 is 1.39 bits per heavy atom. The van der Waals surface area contributed by atoms with Gasteiger partial charge in [0.25, 0.3) is 5.91 Å². The van der Waals surface area contributed by atoms with Crippen LogP contribution >= 0.6 is 0 Å². The zero-order valence-electron chi connectivity index (χ0n) is 12.8. The summed E-state index contributed by atoms with van der Waals surface area (Å²) in [5.41, 5.74) is 0.348. The van der Waals surface area contributed by atoms with E-state index in [4.69, 9.17) is 9.26 Å². The third-order valence-corrected chi connectivity index (χ3v) is 4.44. The Hall–Kier alpha value is -2.35.